The van der Waals surface area contributed by atoms with Gasteiger partial charge in [-0.05, 0) is 32.0 Å². The number of benzene rings is 1. The van der Waals surface area contributed by atoms with Crippen LogP contribution in [0.2, 0.25) is 0 Å². The van der Waals surface area contributed by atoms with Gasteiger partial charge in [0.15, 0.2) is 0 Å². The van der Waals surface area contributed by atoms with Crippen LogP contribution in [0.15, 0.2) is 24.3 Å². The number of thiazole rings is 1. The Morgan fingerprint density at radius 2 is 2.20 bits per heavy atom. The van der Waals surface area contributed by atoms with Gasteiger partial charge in [-0.15, -0.1) is 11.3 Å². The fourth-order valence-corrected chi connectivity index (χ4v) is 2.73. The summed E-state index contributed by atoms with van der Waals surface area (Å²) in [5, 5.41) is 3.96. The lowest BCUT2D eigenvalue weighted by Crippen LogP contribution is -2.25. The lowest BCUT2D eigenvalue weighted by atomic mass is 10.2. The molecule has 0 aliphatic rings. The normalized spacial score (nSPS) is 10.3. The number of nitrogens with zero attached hydrogens (tertiary/aromatic N) is 1. The molecule has 0 unspecified atom stereocenters. The number of hydrogen-bond donors (Lipinski definition) is 1. The first-order valence-corrected chi connectivity index (χ1v) is 7.27. The fourth-order valence-electron chi connectivity index (χ4n) is 1.80. The topological polar surface area (TPSA) is 51.2 Å². The molecule has 0 spiro atoms. The van der Waals surface area contributed by atoms with E-state index in [4.69, 9.17) is 4.74 Å². The minimum atomic E-state index is -0.0890. The Labute approximate surface area is 122 Å². The van der Waals surface area contributed by atoms with E-state index in [0.717, 1.165) is 17.1 Å². The van der Waals surface area contributed by atoms with Gasteiger partial charge in [0.05, 0.1) is 17.8 Å². The molecular formula is C15H18N2O2S. The first-order valence-electron chi connectivity index (χ1n) is 6.45. The molecule has 1 heterocycles. The average molecular weight is 290 g/mol. The molecule has 0 saturated heterocycles. The molecular weight excluding hydrogens is 272 g/mol. The Bertz CT molecular complexity index is 588. The van der Waals surface area contributed by atoms with Crippen LogP contribution < -0.4 is 10.1 Å². The molecule has 4 nitrogen and oxygen atoms in total. The summed E-state index contributed by atoms with van der Waals surface area (Å²) in [5.41, 5.74) is 1.68. The van der Waals surface area contributed by atoms with E-state index in [1.165, 1.54) is 4.88 Å². The van der Waals surface area contributed by atoms with Gasteiger partial charge >= 0.3 is 0 Å². The zero-order valence-electron chi connectivity index (χ0n) is 11.9. The third-order valence-corrected chi connectivity index (χ3v) is 4.16. The second-order valence-electron chi connectivity index (χ2n) is 4.49. The van der Waals surface area contributed by atoms with Crippen LogP contribution >= 0.6 is 11.3 Å². The zero-order chi connectivity index (χ0) is 14.5. The van der Waals surface area contributed by atoms with Crippen LogP contribution in [0.1, 0.15) is 25.9 Å². The molecule has 0 fully saturated rings. The van der Waals surface area contributed by atoms with E-state index in [9.17, 15) is 4.79 Å². The number of ether oxygens (including phenoxy) is 1. The van der Waals surface area contributed by atoms with Gasteiger partial charge in [-0.3, -0.25) is 4.79 Å². The zero-order valence-corrected chi connectivity index (χ0v) is 12.7. The molecule has 0 aliphatic heterocycles. The molecule has 0 bridgehead atoms. The molecule has 2 rings (SSSR count). The number of aromatic nitrogens is 1. The van der Waals surface area contributed by atoms with Gasteiger partial charge in [-0.1, -0.05) is 6.07 Å². The summed E-state index contributed by atoms with van der Waals surface area (Å²) < 4.78 is 5.11. The predicted octanol–water partition coefficient (Wildman–Crippen LogP) is 2.74. The quantitative estimate of drug-likeness (QED) is 0.921. The highest BCUT2D eigenvalue weighted by Gasteiger charge is 2.07. The van der Waals surface area contributed by atoms with Crippen LogP contribution in [0.25, 0.3) is 0 Å². The van der Waals surface area contributed by atoms with Crippen molar-refractivity contribution < 1.29 is 9.53 Å². The molecule has 1 N–H and O–H groups in total. The van der Waals surface area contributed by atoms with Gasteiger partial charge in [-0.2, -0.15) is 0 Å². The standard InChI is InChI=1S/C15H18N2O2S/c1-10-11(2)20-14(17-10)7-8-16-15(18)12-5-4-6-13(9-12)19-3/h4-6,9H,7-8H2,1-3H3,(H,16,18). The van der Waals surface area contributed by atoms with Gasteiger partial charge in [0.25, 0.3) is 5.91 Å². The number of amides is 1. The second-order valence-corrected chi connectivity index (χ2v) is 5.77. The smallest absolute Gasteiger partial charge is 0.251 e. The maximum Gasteiger partial charge on any atom is 0.251 e. The van der Waals surface area contributed by atoms with Gasteiger partial charge in [0.2, 0.25) is 0 Å². The van der Waals surface area contributed by atoms with Crippen molar-refractivity contribution in [3.05, 3.63) is 45.4 Å². The number of carbonyl (C=O) groups excluding carboxylic acids is 1. The number of rotatable bonds is 5. The number of hydrogen-bond acceptors (Lipinski definition) is 4. The molecule has 106 valence electrons. The van der Waals surface area contributed by atoms with E-state index in [0.29, 0.717) is 17.9 Å². The molecule has 1 aromatic carbocycles. The van der Waals surface area contributed by atoms with E-state index >= 15 is 0 Å². The van der Waals surface area contributed by atoms with E-state index in [-0.39, 0.29) is 5.91 Å². The molecule has 1 amide bonds. The second kappa shape index (κ2) is 6.52. The van der Waals surface area contributed by atoms with Crippen molar-refractivity contribution in [2.75, 3.05) is 13.7 Å². The molecule has 5 heteroatoms. The third-order valence-electron chi connectivity index (χ3n) is 3.03. The SMILES string of the molecule is COc1cccc(C(=O)NCCc2nc(C)c(C)s2)c1. The highest BCUT2D eigenvalue weighted by molar-refractivity contribution is 7.11. The van der Waals surface area contributed by atoms with Gasteiger partial charge in [-0.25, -0.2) is 4.98 Å². The van der Waals surface area contributed by atoms with Crippen molar-refractivity contribution in [1.82, 2.24) is 10.3 Å². The molecule has 1 aromatic heterocycles. The summed E-state index contributed by atoms with van der Waals surface area (Å²) in [6.45, 7) is 4.65. The molecule has 0 radical (unpaired) electrons. The Balaban J connectivity index is 1.88. The summed E-state index contributed by atoms with van der Waals surface area (Å²) in [6.07, 6.45) is 0.759. The Hall–Kier alpha value is -1.88. The molecule has 0 aliphatic carbocycles. The Kier molecular flexibility index (Phi) is 4.74. The summed E-state index contributed by atoms with van der Waals surface area (Å²) in [6, 6.07) is 7.13. The minimum Gasteiger partial charge on any atom is -0.497 e. The minimum absolute atomic E-state index is 0.0890. The van der Waals surface area contributed by atoms with Crippen LogP contribution in [0.5, 0.6) is 5.75 Å². The van der Waals surface area contributed by atoms with Crippen molar-refractivity contribution >= 4 is 17.2 Å². The monoisotopic (exact) mass is 290 g/mol. The first-order chi connectivity index (χ1) is 9.60. The van der Waals surface area contributed by atoms with Crippen LogP contribution in [0, 0.1) is 13.8 Å². The Morgan fingerprint density at radius 3 is 2.85 bits per heavy atom. The Morgan fingerprint density at radius 1 is 1.40 bits per heavy atom. The summed E-state index contributed by atoms with van der Waals surface area (Å²) in [5.74, 6) is 0.595. The van der Waals surface area contributed by atoms with Gasteiger partial charge in [0.1, 0.15) is 5.75 Å². The van der Waals surface area contributed by atoms with Crippen LogP contribution in [-0.2, 0) is 6.42 Å². The van der Waals surface area contributed by atoms with E-state index < -0.39 is 0 Å². The molecule has 0 atom stereocenters. The van der Waals surface area contributed by atoms with Crippen molar-refractivity contribution in [2.45, 2.75) is 20.3 Å². The van der Waals surface area contributed by atoms with Crippen LogP contribution in [0.4, 0.5) is 0 Å². The summed E-state index contributed by atoms with van der Waals surface area (Å²) in [7, 11) is 1.59. The largest absolute Gasteiger partial charge is 0.497 e. The first kappa shape index (κ1) is 14.5. The highest BCUT2D eigenvalue weighted by Crippen LogP contribution is 2.16. The molecule has 0 saturated carbocycles. The lowest BCUT2D eigenvalue weighted by molar-refractivity contribution is 0.0954. The van der Waals surface area contributed by atoms with Crippen molar-refractivity contribution in [1.29, 1.82) is 0 Å². The van der Waals surface area contributed by atoms with Crippen molar-refractivity contribution in [2.24, 2.45) is 0 Å². The average Bonchev–Trinajstić information content (AvgIpc) is 2.77. The number of carbonyl (C=O) groups is 1. The van der Waals surface area contributed by atoms with Crippen molar-refractivity contribution in [3.8, 4) is 5.75 Å². The summed E-state index contributed by atoms with van der Waals surface area (Å²) >= 11 is 1.69. The maximum atomic E-state index is 12.0. The predicted molar refractivity (Wildman–Crippen MR) is 80.6 cm³/mol. The number of methoxy groups -OCH3 is 1. The van der Waals surface area contributed by atoms with E-state index in [2.05, 4.69) is 17.2 Å². The highest BCUT2D eigenvalue weighted by atomic mass is 32.1. The van der Waals surface area contributed by atoms with E-state index in [1.54, 1.807) is 36.6 Å². The third kappa shape index (κ3) is 3.57. The van der Waals surface area contributed by atoms with Gasteiger partial charge in [0, 0.05) is 23.4 Å². The van der Waals surface area contributed by atoms with Crippen LogP contribution in [-0.4, -0.2) is 24.5 Å². The van der Waals surface area contributed by atoms with E-state index in [1.807, 2.05) is 13.0 Å². The van der Waals surface area contributed by atoms with Crippen LogP contribution in [0.3, 0.4) is 0 Å². The summed E-state index contributed by atoms with van der Waals surface area (Å²) in [4.78, 5) is 17.7. The molecule has 2 aromatic rings. The lowest BCUT2D eigenvalue weighted by Gasteiger charge is -2.05. The maximum absolute atomic E-state index is 12.0. The molecule has 20 heavy (non-hydrogen) atoms. The number of aryl methyl sites for hydroxylation is 2. The van der Waals surface area contributed by atoms with Gasteiger partial charge < -0.3 is 10.1 Å². The fraction of sp³-hybridized carbons (Fsp3) is 0.333. The number of nitrogens with one attached hydrogen (secondary N) is 1. The van der Waals surface area contributed by atoms with Crippen molar-refractivity contribution in [3.63, 3.8) is 0 Å².